The van der Waals surface area contributed by atoms with Crippen molar-refractivity contribution in [2.45, 2.75) is 19.4 Å². The van der Waals surface area contributed by atoms with Crippen molar-refractivity contribution in [3.05, 3.63) is 38.7 Å². The van der Waals surface area contributed by atoms with Gasteiger partial charge in [-0.1, -0.05) is 0 Å². The fourth-order valence-corrected chi connectivity index (χ4v) is 2.41. The minimum absolute atomic E-state index is 0.0103. The number of hydrogen-bond acceptors (Lipinski definition) is 8. The Morgan fingerprint density at radius 3 is 3.00 bits per heavy atom. The molecule has 20 heavy (non-hydrogen) atoms. The molecule has 9 heteroatoms. The summed E-state index contributed by atoms with van der Waals surface area (Å²) in [5, 5.41) is 18.0. The average Bonchev–Trinajstić information content (AvgIpc) is 2.90. The van der Waals surface area contributed by atoms with Crippen LogP contribution in [0.1, 0.15) is 12.5 Å². The third-order valence-corrected chi connectivity index (χ3v) is 3.33. The van der Waals surface area contributed by atoms with Crippen molar-refractivity contribution in [2.75, 3.05) is 10.7 Å². The molecule has 4 N–H and O–H groups in total. The van der Waals surface area contributed by atoms with Crippen LogP contribution in [-0.2, 0) is 6.42 Å². The highest BCUT2D eigenvalue weighted by Crippen LogP contribution is 2.23. The van der Waals surface area contributed by atoms with Gasteiger partial charge >= 0.3 is 5.69 Å². The zero-order valence-electron chi connectivity index (χ0n) is 10.7. The zero-order chi connectivity index (χ0) is 14.5. The Morgan fingerprint density at radius 2 is 2.40 bits per heavy atom. The Kier molecular flexibility index (Phi) is 4.43. The van der Waals surface area contributed by atoms with Gasteiger partial charge in [-0.15, -0.1) is 0 Å². The van der Waals surface area contributed by atoms with E-state index in [2.05, 4.69) is 20.7 Å². The molecule has 0 aliphatic heterocycles. The number of nitro groups is 1. The lowest BCUT2D eigenvalue weighted by Crippen LogP contribution is -2.20. The molecule has 1 atom stereocenters. The Hall–Kier alpha value is -2.26. The summed E-state index contributed by atoms with van der Waals surface area (Å²) in [5.74, 6) is 5.49. The third-order valence-electron chi connectivity index (χ3n) is 2.60. The Labute approximate surface area is 119 Å². The van der Waals surface area contributed by atoms with Crippen LogP contribution in [0.4, 0.5) is 17.5 Å². The molecule has 1 unspecified atom stereocenters. The molecular formula is C11H14N6O2S. The van der Waals surface area contributed by atoms with Crippen molar-refractivity contribution in [1.82, 2.24) is 9.97 Å². The van der Waals surface area contributed by atoms with Crippen LogP contribution in [0, 0.1) is 10.1 Å². The van der Waals surface area contributed by atoms with Crippen molar-refractivity contribution >= 4 is 28.8 Å². The van der Waals surface area contributed by atoms with E-state index < -0.39 is 4.92 Å². The maximum atomic E-state index is 11.0. The SMILES string of the molecule is CC(Cc1ccsc1)Nc1nc(NN)ncc1[N+](=O)[O-]. The summed E-state index contributed by atoms with van der Waals surface area (Å²) >= 11 is 1.61. The van der Waals surface area contributed by atoms with Crippen LogP contribution in [-0.4, -0.2) is 20.9 Å². The van der Waals surface area contributed by atoms with E-state index >= 15 is 0 Å². The Bertz CT molecular complexity index is 589. The van der Waals surface area contributed by atoms with E-state index in [0.29, 0.717) is 0 Å². The summed E-state index contributed by atoms with van der Waals surface area (Å²) in [6.45, 7) is 1.93. The largest absolute Gasteiger partial charge is 0.361 e. The van der Waals surface area contributed by atoms with E-state index in [1.807, 2.05) is 23.8 Å². The van der Waals surface area contributed by atoms with E-state index in [4.69, 9.17) is 5.84 Å². The predicted molar refractivity (Wildman–Crippen MR) is 77.6 cm³/mol. The second-order valence-corrected chi connectivity index (χ2v) is 4.99. The smallest absolute Gasteiger partial charge is 0.329 e. The number of anilines is 2. The molecule has 2 rings (SSSR count). The number of nitrogens with zero attached hydrogens (tertiary/aromatic N) is 3. The second-order valence-electron chi connectivity index (χ2n) is 4.21. The lowest BCUT2D eigenvalue weighted by Gasteiger charge is -2.14. The maximum absolute atomic E-state index is 11.0. The van der Waals surface area contributed by atoms with Crippen molar-refractivity contribution in [3.63, 3.8) is 0 Å². The van der Waals surface area contributed by atoms with E-state index in [1.165, 1.54) is 5.56 Å². The summed E-state index contributed by atoms with van der Waals surface area (Å²) in [4.78, 5) is 18.1. The number of nitrogens with two attached hydrogens (primary N) is 1. The van der Waals surface area contributed by atoms with Crippen LogP contribution in [0.15, 0.2) is 23.0 Å². The van der Waals surface area contributed by atoms with E-state index in [9.17, 15) is 10.1 Å². The molecule has 0 aliphatic rings. The summed E-state index contributed by atoms with van der Waals surface area (Å²) in [5.41, 5.74) is 3.26. The summed E-state index contributed by atoms with van der Waals surface area (Å²) < 4.78 is 0. The monoisotopic (exact) mass is 294 g/mol. The molecule has 0 saturated heterocycles. The predicted octanol–water partition coefficient (Wildman–Crippen LogP) is 1.77. The number of hydrogen-bond donors (Lipinski definition) is 3. The van der Waals surface area contributed by atoms with Crippen molar-refractivity contribution in [3.8, 4) is 0 Å². The molecular weight excluding hydrogens is 280 g/mol. The second kappa shape index (κ2) is 6.26. The summed E-state index contributed by atoms with van der Waals surface area (Å²) in [6.07, 6.45) is 1.87. The van der Waals surface area contributed by atoms with Crippen molar-refractivity contribution < 1.29 is 4.92 Å². The fraction of sp³-hybridized carbons (Fsp3) is 0.273. The molecule has 2 aromatic heterocycles. The van der Waals surface area contributed by atoms with Crippen LogP contribution in [0.5, 0.6) is 0 Å². The lowest BCUT2D eigenvalue weighted by atomic mass is 10.1. The molecule has 106 valence electrons. The van der Waals surface area contributed by atoms with Crippen molar-refractivity contribution in [2.24, 2.45) is 5.84 Å². The minimum Gasteiger partial charge on any atom is -0.361 e. The van der Waals surface area contributed by atoms with Gasteiger partial charge in [-0.2, -0.15) is 16.3 Å². The van der Waals surface area contributed by atoms with Crippen molar-refractivity contribution in [1.29, 1.82) is 0 Å². The van der Waals surface area contributed by atoms with Crippen LogP contribution < -0.4 is 16.6 Å². The number of aromatic nitrogens is 2. The number of nitrogens with one attached hydrogen (secondary N) is 2. The van der Waals surface area contributed by atoms with Gasteiger partial charge in [0.15, 0.2) is 0 Å². The Morgan fingerprint density at radius 1 is 1.60 bits per heavy atom. The number of rotatable bonds is 6. The summed E-state index contributed by atoms with van der Waals surface area (Å²) in [7, 11) is 0. The molecule has 8 nitrogen and oxygen atoms in total. The first-order valence-electron chi connectivity index (χ1n) is 5.86. The van der Waals surface area contributed by atoms with Crippen LogP contribution in [0.2, 0.25) is 0 Å². The van der Waals surface area contributed by atoms with Gasteiger partial charge in [-0.25, -0.2) is 10.8 Å². The molecule has 2 heterocycles. The quantitative estimate of drug-likeness (QED) is 0.422. The van der Waals surface area contributed by atoms with E-state index in [1.54, 1.807) is 11.3 Å². The first-order chi connectivity index (χ1) is 9.60. The average molecular weight is 294 g/mol. The van der Waals surface area contributed by atoms with Gasteiger partial charge < -0.3 is 5.32 Å². The molecule has 0 spiro atoms. The standard InChI is InChI=1S/C11H14N6O2S/c1-7(4-8-2-3-20-6-8)14-10-9(17(18)19)5-13-11(15-10)16-12/h2-3,5-7H,4,12H2,1H3,(H2,13,14,15,16). The molecule has 0 bridgehead atoms. The van der Waals surface area contributed by atoms with Gasteiger partial charge in [-0.05, 0) is 35.7 Å². The third kappa shape index (κ3) is 3.39. The highest BCUT2D eigenvalue weighted by molar-refractivity contribution is 7.07. The van der Waals surface area contributed by atoms with Gasteiger partial charge in [0.1, 0.15) is 6.20 Å². The zero-order valence-corrected chi connectivity index (χ0v) is 11.6. The molecule has 0 amide bonds. The number of thiophene rings is 1. The minimum atomic E-state index is -0.528. The number of nitrogen functional groups attached to an aromatic ring is 1. The van der Waals surface area contributed by atoms with Crippen LogP contribution in [0.25, 0.3) is 0 Å². The fourth-order valence-electron chi connectivity index (χ4n) is 1.73. The van der Waals surface area contributed by atoms with E-state index in [-0.39, 0.29) is 23.5 Å². The lowest BCUT2D eigenvalue weighted by molar-refractivity contribution is -0.384. The molecule has 0 fully saturated rings. The van der Waals surface area contributed by atoms with Crippen LogP contribution >= 0.6 is 11.3 Å². The molecule has 0 aliphatic carbocycles. The van der Waals surface area contributed by atoms with Gasteiger partial charge in [0.25, 0.3) is 0 Å². The van der Waals surface area contributed by atoms with Gasteiger partial charge in [0.05, 0.1) is 4.92 Å². The molecule has 0 radical (unpaired) electrons. The highest BCUT2D eigenvalue weighted by atomic mass is 32.1. The first kappa shape index (κ1) is 14.2. The van der Waals surface area contributed by atoms with Gasteiger partial charge in [0, 0.05) is 6.04 Å². The normalized spacial score (nSPS) is 11.9. The van der Waals surface area contributed by atoms with E-state index in [0.717, 1.165) is 12.6 Å². The van der Waals surface area contributed by atoms with Gasteiger partial charge in [-0.3, -0.25) is 15.5 Å². The van der Waals surface area contributed by atoms with Gasteiger partial charge in [0.2, 0.25) is 11.8 Å². The van der Waals surface area contributed by atoms with Crippen LogP contribution in [0.3, 0.4) is 0 Å². The highest BCUT2D eigenvalue weighted by Gasteiger charge is 2.18. The first-order valence-corrected chi connectivity index (χ1v) is 6.80. The number of hydrazine groups is 1. The Balaban J connectivity index is 2.16. The molecule has 0 aromatic carbocycles. The molecule has 2 aromatic rings. The summed E-state index contributed by atoms with van der Waals surface area (Å²) in [6, 6.07) is 2.01. The maximum Gasteiger partial charge on any atom is 0.329 e. The topological polar surface area (TPSA) is 119 Å². The molecule has 0 saturated carbocycles.